The lowest BCUT2D eigenvalue weighted by Crippen LogP contribution is -2.44. The highest BCUT2D eigenvalue weighted by molar-refractivity contribution is 5.73. The van der Waals surface area contributed by atoms with Crippen molar-refractivity contribution in [3.05, 3.63) is 17.7 Å². The summed E-state index contributed by atoms with van der Waals surface area (Å²) in [6.45, 7) is 3.77. The Morgan fingerprint density at radius 2 is 2.28 bits per heavy atom. The molecule has 0 aliphatic carbocycles. The van der Waals surface area contributed by atoms with Crippen LogP contribution in [0.2, 0.25) is 0 Å². The fraction of sp³-hybridized carbons (Fsp3) is 0.583. The number of hydrogen-bond acceptors (Lipinski definition) is 6. The van der Waals surface area contributed by atoms with E-state index >= 15 is 0 Å². The van der Waals surface area contributed by atoms with Crippen LogP contribution in [0, 0.1) is 6.92 Å². The summed E-state index contributed by atoms with van der Waals surface area (Å²) in [7, 11) is 2.08. The summed E-state index contributed by atoms with van der Waals surface area (Å²) in [6, 6.07) is 0.191. The Morgan fingerprint density at radius 3 is 3.06 bits per heavy atom. The number of aromatic nitrogens is 3. The van der Waals surface area contributed by atoms with Gasteiger partial charge < -0.3 is 15.2 Å². The molecule has 2 aromatic rings. The molecule has 6 heteroatoms. The van der Waals surface area contributed by atoms with Crippen molar-refractivity contribution in [3.8, 4) is 0 Å². The van der Waals surface area contributed by atoms with Crippen molar-refractivity contribution in [1.82, 2.24) is 20.0 Å². The number of nitrogens with two attached hydrogens (primary N) is 1. The third-order valence-electron chi connectivity index (χ3n) is 3.43. The Balaban J connectivity index is 1.95. The molecule has 0 saturated carbocycles. The Hall–Kier alpha value is -1.53. The summed E-state index contributed by atoms with van der Waals surface area (Å²) in [5, 5.41) is 3.90. The first-order valence-corrected chi connectivity index (χ1v) is 6.16. The number of aryl methyl sites for hydroxylation is 1. The first-order chi connectivity index (χ1) is 8.63. The van der Waals surface area contributed by atoms with Gasteiger partial charge in [0.05, 0.1) is 6.20 Å². The van der Waals surface area contributed by atoms with Crippen LogP contribution in [-0.2, 0) is 0 Å². The standard InChI is InChI=1S/C12H17N5O/c1-7-11-10(18-16-7)4-14-12(15-11)8-3-9(13)6-17(2)5-8/h4,8-9H,3,5-6,13H2,1-2H3. The van der Waals surface area contributed by atoms with Crippen molar-refractivity contribution >= 4 is 11.1 Å². The van der Waals surface area contributed by atoms with E-state index in [2.05, 4.69) is 27.1 Å². The molecule has 2 atom stereocenters. The van der Waals surface area contributed by atoms with Crippen LogP contribution in [0.25, 0.3) is 11.1 Å². The summed E-state index contributed by atoms with van der Waals surface area (Å²) in [5.74, 6) is 1.13. The summed E-state index contributed by atoms with van der Waals surface area (Å²) in [6.07, 6.45) is 2.64. The summed E-state index contributed by atoms with van der Waals surface area (Å²) in [4.78, 5) is 11.2. The number of likely N-dealkylation sites (tertiary alicyclic amines) is 1. The van der Waals surface area contributed by atoms with Crippen molar-refractivity contribution in [2.24, 2.45) is 5.73 Å². The van der Waals surface area contributed by atoms with Gasteiger partial charge in [-0.3, -0.25) is 0 Å². The van der Waals surface area contributed by atoms with E-state index in [0.29, 0.717) is 5.58 Å². The molecule has 6 nitrogen and oxygen atoms in total. The fourth-order valence-electron chi connectivity index (χ4n) is 2.62. The zero-order valence-electron chi connectivity index (χ0n) is 10.6. The van der Waals surface area contributed by atoms with Gasteiger partial charge in [-0.2, -0.15) is 0 Å². The van der Waals surface area contributed by atoms with Crippen molar-refractivity contribution < 1.29 is 4.52 Å². The third kappa shape index (κ3) is 1.97. The molecule has 1 aliphatic rings. The van der Waals surface area contributed by atoms with E-state index in [9.17, 15) is 0 Å². The molecule has 0 radical (unpaired) electrons. The summed E-state index contributed by atoms with van der Waals surface area (Å²) in [5.41, 5.74) is 8.31. The number of nitrogens with zero attached hydrogens (tertiary/aromatic N) is 4. The van der Waals surface area contributed by atoms with Crippen LogP contribution >= 0.6 is 0 Å². The van der Waals surface area contributed by atoms with Crippen LogP contribution in [0.15, 0.2) is 10.7 Å². The maximum atomic E-state index is 6.05. The van der Waals surface area contributed by atoms with Gasteiger partial charge in [0.2, 0.25) is 5.58 Å². The lowest BCUT2D eigenvalue weighted by Gasteiger charge is -2.32. The first kappa shape index (κ1) is 11.6. The minimum atomic E-state index is 0.191. The molecule has 96 valence electrons. The molecule has 0 spiro atoms. The highest BCUT2D eigenvalue weighted by Gasteiger charge is 2.26. The van der Waals surface area contributed by atoms with Gasteiger partial charge in [-0.1, -0.05) is 5.16 Å². The number of hydrogen-bond donors (Lipinski definition) is 1. The van der Waals surface area contributed by atoms with Crippen molar-refractivity contribution in [1.29, 1.82) is 0 Å². The zero-order valence-corrected chi connectivity index (χ0v) is 10.6. The lowest BCUT2D eigenvalue weighted by atomic mass is 9.94. The number of fused-ring (bicyclic) bond motifs is 1. The van der Waals surface area contributed by atoms with Crippen molar-refractivity contribution in [2.75, 3.05) is 20.1 Å². The SMILES string of the molecule is Cc1noc2cnc(C3CC(N)CN(C)C3)nc12. The highest BCUT2D eigenvalue weighted by atomic mass is 16.5. The van der Waals surface area contributed by atoms with Crippen LogP contribution in [0.5, 0.6) is 0 Å². The summed E-state index contributed by atoms with van der Waals surface area (Å²) < 4.78 is 5.12. The molecular formula is C12H17N5O. The Labute approximate surface area is 105 Å². The van der Waals surface area contributed by atoms with Crippen LogP contribution in [-0.4, -0.2) is 46.2 Å². The maximum absolute atomic E-state index is 6.05. The van der Waals surface area contributed by atoms with Crippen LogP contribution in [0.3, 0.4) is 0 Å². The number of rotatable bonds is 1. The Kier molecular flexibility index (Phi) is 2.76. The molecule has 2 N–H and O–H groups in total. The molecule has 2 aromatic heterocycles. The van der Waals surface area contributed by atoms with Gasteiger partial charge >= 0.3 is 0 Å². The second-order valence-electron chi connectivity index (χ2n) is 5.12. The van der Waals surface area contributed by atoms with Crippen LogP contribution < -0.4 is 5.73 Å². The van der Waals surface area contributed by atoms with E-state index < -0.39 is 0 Å². The van der Waals surface area contributed by atoms with Gasteiger partial charge in [-0.25, -0.2) is 9.97 Å². The van der Waals surface area contributed by atoms with Crippen molar-refractivity contribution in [2.45, 2.75) is 25.3 Å². The monoisotopic (exact) mass is 247 g/mol. The molecule has 3 rings (SSSR count). The first-order valence-electron chi connectivity index (χ1n) is 6.16. The molecule has 1 fully saturated rings. The molecule has 0 bridgehead atoms. The molecule has 1 aliphatic heterocycles. The van der Waals surface area contributed by atoms with E-state index in [0.717, 1.165) is 36.5 Å². The highest BCUT2D eigenvalue weighted by Crippen LogP contribution is 2.25. The molecule has 3 heterocycles. The lowest BCUT2D eigenvalue weighted by molar-refractivity contribution is 0.222. The van der Waals surface area contributed by atoms with E-state index in [-0.39, 0.29) is 12.0 Å². The van der Waals surface area contributed by atoms with E-state index in [1.54, 1.807) is 6.20 Å². The molecule has 2 unspecified atom stereocenters. The van der Waals surface area contributed by atoms with Gasteiger partial charge in [0.15, 0.2) is 0 Å². The fourth-order valence-corrected chi connectivity index (χ4v) is 2.62. The summed E-state index contributed by atoms with van der Waals surface area (Å²) >= 11 is 0. The number of piperidine rings is 1. The molecule has 1 saturated heterocycles. The second kappa shape index (κ2) is 4.29. The van der Waals surface area contributed by atoms with Gasteiger partial charge in [-0.15, -0.1) is 0 Å². The molecule has 0 aromatic carbocycles. The Bertz CT molecular complexity index is 557. The predicted octanol–water partition coefficient (Wildman–Crippen LogP) is 0.673. The quantitative estimate of drug-likeness (QED) is 0.797. The van der Waals surface area contributed by atoms with E-state index in [1.165, 1.54) is 0 Å². The molecule has 0 amide bonds. The normalized spacial score (nSPS) is 25.7. The van der Waals surface area contributed by atoms with Crippen LogP contribution in [0.4, 0.5) is 0 Å². The van der Waals surface area contributed by atoms with Gasteiger partial charge in [0.1, 0.15) is 17.0 Å². The third-order valence-corrected chi connectivity index (χ3v) is 3.43. The van der Waals surface area contributed by atoms with Gasteiger partial charge in [-0.05, 0) is 20.4 Å². The molecule has 18 heavy (non-hydrogen) atoms. The van der Waals surface area contributed by atoms with Gasteiger partial charge in [0, 0.05) is 25.0 Å². The van der Waals surface area contributed by atoms with Crippen LogP contribution in [0.1, 0.15) is 23.9 Å². The van der Waals surface area contributed by atoms with E-state index in [4.69, 9.17) is 10.3 Å². The van der Waals surface area contributed by atoms with E-state index in [1.807, 2.05) is 6.92 Å². The zero-order chi connectivity index (χ0) is 12.7. The minimum Gasteiger partial charge on any atom is -0.353 e. The average Bonchev–Trinajstić information content (AvgIpc) is 2.69. The van der Waals surface area contributed by atoms with Gasteiger partial charge in [0.25, 0.3) is 0 Å². The second-order valence-corrected chi connectivity index (χ2v) is 5.12. The predicted molar refractivity (Wildman–Crippen MR) is 67.2 cm³/mol. The maximum Gasteiger partial charge on any atom is 0.203 e. The van der Waals surface area contributed by atoms with Crippen molar-refractivity contribution in [3.63, 3.8) is 0 Å². The largest absolute Gasteiger partial charge is 0.353 e. The molecular weight excluding hydrogens is 230 g/mol. The number of likely N-dealkylation sites (N-methyl/N-ethyl adjacent to an activating group) is 1. The minimum absolute atomic E-state index is 0.191. The smallest absolute Gasteiger partial charge is 0.203 e. The average molecular weight is 247 g/mol. The Morgan fingerprint density at radius 1 is 1.44 bits per heavy atom. The topological polar surface area (TPSA) is 81.1 Å².